The second kappa shape index (κ2) is 6.22. The van der Waals surface area contributed by atoms with E-state index in [1.807, 2.05) is 0 Å². The number of aliphatic hydroxyl groups excluding tert-OH is 1. The second-order valence-electron chi connectivity index (χ2n) is 5.38. The number of halogens is 1. The number of hydrogen-bond donors (Lipinski definition) is 2. The largest absolute Gasteiger partial charge is 0.389 e. The fraction of sp³-hybridized carbons (Fsp3) is 0.467. The normalized spacial score (nSPS) is 22.0. The summed E-state index contributed by atoms with van der Waals surface area (Å²) in [6.45, 7) is 3.82. The number of β-amino-alcohol motifs (C(OH)–C–C–N with tert-alkyl or cyclic N) is 1. The van der Waals surface area contributed by atoms with Gasteiger partial charge in [0.25, 0.3) is 5.91 Å². The lowest BCUT2D eigenvalue weighted by Gasteiger charge is -2.35. The number of benzene rings is 1. The molecule has 21 heavy (non-hydrogen) atoms. The predicted molar refractivity (Wildman–Crippen MR) is 75.3 cm³/mol. The van der Waals surface area contributed by atoms with Crippen molar-refractivity contribution in [2.75, 3.05) is 13.1 Å². The third-order valence-corrected chi connectivity index (χ3v) is 3.71. The average molecular weight is 294 g/mol. The molecule has 1 aliphatic heterocycles. The van der Waals surface area contributed by atoms with Crippen molar-refractivity contribution in [3.8, 4) is 0 Å². The van der Waals surface area contributed by atoms with Gasteiger partial charge >= 0.3 is 0 Å². The number of rotatable bonds is 2. The van der Waals surface area contributed by atoms with E-state index in [1.165, 1.54) is 24.0 Å². The highest BCUT2D eigenvalue weighted by Gasteiger charge is 2.30. The Morgan fingerprint density at radius 3 is 2.71 bits per heavy atom. The van der Waals surface area contributed by atoms with Gasteiger partial charge in [-0.15, -0.1) is 0 Å². The molecular weight excluding hydrogens is 275 g/mol. The molecule has 0 spiro atoms. The summed E-state index contributed by atoms with van der Waals surface area (Å²) in [6.07, 6.45) is -0.403. The highest BCUT2D eigenvalue weighted by atomic mass is 19.1. The Balaban J connectivity index is 2.01. The molecule has 2 N–H and O–H groups in total. The monoisotopic (exact) mass is 294 g/mol. The number of nitrogens with zero attached hydrogens (tertiary/aromatic N) is 1. The standard InChI is InChI=1S/C15H19FN2O3/c1-9-3-4-11(12(16)7-9)15(21)17-13-5-6-18(10(2)19)8-14(13)20/h3-4,7,13-14,20H,5-6,8H2,1-2H3,(H,17,21)/t13-,14-/m1/s1. The first-order valence-corrected chi connectivity index (χ1v) is 6.89. The minimum absolute atomic E-state index is 0.0400. The summed E-state index contributed by atoms with van der Waals surface area (Å²) in [5.41, 5.74) is 0.695. The summed E-state index contributed by atoms with van der Waals surface area (Å²) in [7, 11) is 0. The topological polar surface area (TPSA) is 69.6 Å². The zero-order chi connectivity index (χ0) is 15.6. The molecule has 0 unspecified atom stereocenters. The Kier molecular flexibility index (Phi) is 4.57. The van der Waals surface area contributed by atoms with E-state index in [0.717, 1.165) is 5.56 Å². The first-order chi connectivity index (χ1) is 9.88. The molecule has 5 nitrogen and oxygen atoms in total. The van der Waals surface area contributed by atoms with Crippen LogP contribution in [-0.4, -0.2) is 47.1 Å². The van der Waals surface area contributed by atoms with Gasteiger partial charge < -0.3 is 15.3 Å². The molecule has 114 valence electrons. The molecule has 0 saturated carbocycles. The molecule has 1 aliphatic rings. The van der Waals surface area contributed by atoms with Gasteiger partial charge in [-0.05, 0) is 31.0 Å². The average Bonchev–Trinajstić information content (AvgIpc) is 2.40. The summed E-state index contributed by atoms with van der Waals surface area (Å²) < 4.78 is 13.7. The maximum Gasteiger partial charge on any atom is 0.254 e. The molecule has 6 heteroatoms. The first kappa shape index (κ1) is 15.4. The SMILES string of the molecule is CC(=O)N1CC[C@@H](NC(=O)c2ccc(C)cc2F)[C@H](O)C1. The minimum Gasteiger partial charge on any atom is -0.389 e. The Labute approximate surface area is 122 Å². The number of piperidine rings is 1. The zero-order valence-electron chi connectivity index (χ0n) is 12.1. The van der Waals surface area contributed by atoms with Crippen LogP contribution in [0.15, 0.2) is 18.2 Å². The number of carbonyl (C=O) groups excluding carboxylic acids is 2. The Bertz CT molecular complexity index is 562. The molecular formula is C15H19FN2O3. The van der Waals surface area contributed by atoms with E-state index in [1.54, 1.807) is 13.0 Å². The van der Waals surface area contributed by atoms with E-state index in [2.05, 4.69) is 5.32 Å². The van der Waals surface area contributed by atoms with Crippen molar-refractivity contribution in [3.05, 3.63) is 35.1 Å². The zero-order valence-corrected chi connectivity index (χ0v) is 12.1. The van der Waals surface area contributed by atoms with Crippen molar-refractivity contribution < 1.29 is 19.1 Å². The van der Waals surface area contributed by atoms with Crippen LogP contribution in [0.2, 0.25) is 0 Å². The predicted octanol–water partition coefficient (Wildman–Crippen LogP) is 0.846. The number of amides is 2. The summed E-state index contributed by atoms with van der Waals surface area (Å²) >= 11 is 0. The van der Waals surface area contributed by atoms with Crippen LogP contribution in [0.4, 0.5) is 4.39 Å². The van der Waals surface area contributed by atoms with E-state index in [0.29, 0.717) is 13.0 Å². The van der Waals surface area contributed by atoms with Crippen LogP contribution < -0.4 is 5.32 Å². The smallest absolute Gasteiger partial charge is 0.254 e. The maximum atomic E-state index is 13.7. The molecule has 0 bridgehead atoms. The number of nitrogens with one attached hydrogen (secondary N) is 1. The summed E-state index contributed by atoms with van der Waals surface area (Å²) in [6, 6.07) is 3.90. The third kappa shape index (κ3) is 3.58. The van der Waals surface area contributed by atoms with Gasteiger partial charge in [0.15, 0.2) is 0 Å². The third-order valence-electron chi connectivity index (χ3n) is 3.71. The van der Waals surface area contributed by atoms with Crippen molar-refractivity contribution >= 4 is 11.8 Å². The molecule has 0 aliphatic carbocycles. The van der Waals surface area contributed by atoms with Gasteiger partial charge in [0.05, 0.1) is 17.7 Å². The van der Waals surface area contributed by atoms with Crippen molar-refractivity contribution in [3.63, 3.8) is 0 Å². The quantitative estimate of drug-likeness (QED) is 0.849. The fourth-order valence-electron chi connectivity index (χ4n) is 2.44. The van der Waals surface area contributed by atoms with Crippen LogP contribution in [0.3, 0.4) is 0 Å². The highest BCUT2D eigenvalue weighted by Crippen LogP contribution is 2.14. The van der Waals surface area contributed by atoms with E-state index in [-0.39, 0.29) is 18.0 Å². The fourth-order valence-corrected chi connectivity index (χ4v) is 2.44. The van der Waals surface area contributed by atoms with Crippen LogP contribution in [0, 0.1) is 12.7 Å². The molecule has 0 aromatic heterocycles. The van der Waals surface area contributed by atoms with E-state index in [4.69, 9.17) is 0 Å². The van der Waals surface area contributed by atoms with Crippen LogP contribution in [0.5, 0.6) is 0 Å². The summed E-state index contributed by atoms with van der Waals surface area (Å²) in [5.74, 6) is -1.24. The Hall–Kier alpha value is -1.95. The lowest BCUT2D eigenvalue weighted by atomic mass is 10.0. The molecule has 2 amide bonds. The van der Waals surface area contributed by atoms with Crippen molar-refractivity contribution in [1.29, 1.82) is 0 Å². The van der Waals surface area contributed by atoms with Gasteiger partial charge in [-0.1, -0.05) is 6.07 Å². The lowest BCUT2D eigenvalue weighted by molar-refractivity contribution is -0.132. The number of carbonyl (C=O) groups is 2. The molecule has 1 aromatic carbocycles. The maximum absolute atomic E-state index is 13.7. The Morgan fingerprint density at radius 2 is 2.14 bits per heavy atom. The first-order valence-electron chi connectivity index (χ1n) is 6.89. The Morgan fingerprint density at radius 1 is 1.43 bits per heavy atom. The van der Waals surface area contributed by atoms with E-state index in [9.17, 15) is 19.1 Å². The van der Waals surface area contributed by atoms with E-state index >= 15 is 0 Å². The molecule has 1 saturated heterocycles. The summed E-state index contributed by atoms with van der Waals surface area (Å²) in [5, 5.41) is 12.6. The van der Waals surface area contributed by atoms with E-state index < -0.39 is 23.9 Å². The van der Waals surface area contributed by atoms with Gasteiger partial charge in [0.1, 0.15) is 5.82 Å². The molecule has 2 atom stereocenters. The van der Waals surface area contributed by atoms with Gasteiger partial charge in [-0.2, -0.15) is 0 Å². The molecule has 0 radical (unpaired) electrons. The van der Waals surface area contributed by atoms with Crippen molar-refractivity contribution in [1.82, 2.24) is 10.2 Å². The number of aliphatic hydroxyl groups is 1. The highest BCUT2D eigenvalue weighted by molar-refractivity contribution is 5.94. The second-order valence-corrected chi connectivity index (χ2v) is 5.38. The van der Waals surface area contributed by atoms with Crippen LogP contribution >= 0.6 is 0 Å². The van der Waals surface area contributed by atoms with Gasteiger partial charge in [0.2, 0.25) is 5.91 Å². The van der Waals surface area contributed by atoms with Crippen LogP contribution in [0.25, 0.3) is 0 Å². The minimum atomic E-state index is -0.847. The van der Waals surface area contributed by atoms with Gasteiger partial charge in [-0.25, -0.2) is 4.39 Å². The molecule has 2 rings (SSSR count). The number of likely N-dealkylation sites (tertiary alicyclic amines) is 1. The van der Waals surface area contributed by atoms with Gasteiger partial charge in [0, 0.05) is 20.0 Å². The molecule has 1 aromatic rings. The van der Waals surface area contributed by atoms with Crippen molar-refractivity contribution in [2.24, 2.45) is 0 Å². The molecule has 1 heterocycles. The van der Waals surface area contributed by atoms with Crippen molar-refractivity contribution in [2.45, 2.75) is 32.4 Å². The van der Waals surface area contributed by atoms with Crippen LogP contribution in [0.1, 0.15) is 29.3 Å². The summed E-state index contributed by atoms with van der Waals surface area (Å²) in [4.78, 5) is 24.8. The van der Waals surface area contributed by atoms with Crippen LogP contribution in [-0.2, 0) is 4.79 Å². The number of hydrogen-bond acceptors (Lipinski definition) is 3. The lowest BCUT2D eigenvalue weighted by Crippen LogP contribution is -2.55. The molecule has 1 fully saturated rings. The van der Waals surface area contributed by atoms with Gasteiger partial charge in [-0.3, -0.25) is 9.59 Å². The number of aryl methyl sites for hydroxylation is 1.